The lowest BCUT2D eigenvalue weighted by Crippen LogP contribution is -2.11. The van der Waals surface area contributed by atoms with E-state index in [1.54, 1.807) is 18.2 Å². The molecule has 0 amide bonds. The largest absolute Gasteiger partial charge is 0.392 e. The number of fused-ring (bicyclic) bond motifs is 1. The highest BCUT2D eigenvalue weighted by atomic mass is 19.4. The van der Waals surface area contributed by atoms with Crippen molar-refractivity contribution in [3.8, 4) is 11.6 Å². The summed E-state index contributed by atoms with van der Waals surface area (Å²) in [6, 6.07) is 4.90. The van der Waals surface area contributed by atoms with E-state index in [0.29, 0.717) is 5.65 Å². The predicted octanol–water partition coefficient (Wildman–Crippen LogP) is 3.19. The Labute approximate surface area is 120 Å². The van der Waals surface area contributed by atoms with Crippen molar-refractivity contribution in [2.75, 3.05) is 0 Å². The van der Waals surface area contributed by atoms with Gasteiger partial charge in [0.15, 0.2) is 11.5 Å². The molecule has 0 saturated heterocycles. The lowest BCUT2D eigenvalue weighted by Gasteiger charge is -2.02. The zero-order valence-corrected chi connectivity index (χ0v) is 10.9. The van der Waals surface area contributed by atoms with Gasteiger partial charge in [0.1, 0.15) is 5.65 Å². The van der Waals surface area contributed by atoms with Crippen LogP contribution in [0.4, 0.5) is 17.6 Å². The third-order valence-electron chi connectivity index (χ3n) is 3.66. The van der Waals surface area contributed by atoms with Gasteiger partial charge >= 0.3 is 6.18 Å². The minimum absolute atomic E-state index is 0.0613. The first kappa shape index (κ1) is 13.2. The number of nitrogens with zero attached hydrogens (tertiary/aromatic N) is 4. The Balaban J connectivity index is 1.68. The second kappa shape index (κ2) is 4.28. The normalized spacial score (nSPS) is 21.5. The van der Waals surface area contributed by atoms with E-state index in [0.717, 1.165) is 0 Å². The van der Waals surface area contributed by atoms with Crippen molar-refractivity contribution in [1.82, 2.24) is 19.5 Å². The molecule has 5 nitrogen and oxygen atoms in total. The van der Waals surface area contributed by atoms with Gasteiger partial charge in [-0.05, 0) is 18.6 Å². The Morgan fingerprint density at radius 1 is 1.23 bits per heavy atom. The molecular weight excluding hydrogens is 304 g/mol. The maximum absolute atomic E-state index is 14.2. The molecule has 3 heterocycles. The van der Waals surface area contributed by atoms with E-state index in [2.05, 4.69) is 15.1 Å². The highest BCUT2D eigenvalue weighted by molar-refractivity contribution is 5.55. The number of rotatable bonds is 2. The summed E-state index contributed by atoms with van der Waals surface area (Å²) in [5.74, 6) is -3.26. The smallest absolute Gasteiger partial charge is 0.332 e. The van der Waals surface area contributed by atoms with Crippen molar-refractivity contribution in [2.24, 2.45) is 5.92 Å². The van der Waals surface area contributed by atoms with E-state index in [1.165, 1.54) is 10.6 Å². The molecule has 0 radical (unpaired) electrons. The Morgan fingerprint density at radius 2 is 2.05 bits per heavy atom. The maximum Gasteiger partial charge on any atom is 0.392 e. The van der Waals surface area contributed by atoms with Gasteiger partial charge in [-0.25, -0.2) is 4.98 Å². The van der Waals surface area contributed by atoms with Gasteiger partial charge < -0.3 is 4.52 Å². The van der Waals surface area contributed by atoms with Crippen LogP contribution in [0, 0.1) is 11.9 Å². The summed E-state index contributed by atoms with van der Waals surface area (Å²) >= 11 is 0. The van der Waals surface area contributed by atoms with E-state index < -0.39 is 24.0 Å². The van der Waals surface area contributed by atoms with Gasteiger partial charge in [-0.15, -0.1) is 0 Å². The summed E-state index contributed by atoms with van der Waals surface area (Å²) in [5.41, 5.74) is 0.170. The SMILES string of the molecule is Fc1c(-c2nc([C@@H]3C[C@H]3C(F)(F)F)no2)nc2ccccn12. The summed E-state index contributed by atoms with van der Waals surface area (Å²) in [4.78, 5) is 7.88. The fourth-order valence-corrected chi connectivity index (χ4v) is 2.43. The van der Waals surface area contributed by atoms with Gasteiger partial charge in [0, 0.05) is 12.1 Å². The first-order valence-corrected chi connectivity index (χ1v) is 6.48. The first-order valence-electron chi connectivity index (χ1n) is 6.48. The monoisotopic (exact) mass is 312 g/mol. The molecule has 22 heavy (non-hydrogen) atoms. The molecule has 0 N–H and O–H groups in total. The van der Waals surface area contributed by atoms with Crippen LogP contribution in [0.2, 0.25) is 0 Å². The quantitative estimate of drug-likeness (QED) is 0.682. The molecular formula is C13H8F4N4O. The third-order valence-corrected chi connectivity index (χ3v) is 3.66. The molecule has 3 aromatic rings. The highest BCUT2D eigenvalue weighted by Gasteiger charge is 2.58. The maximum atomic E-state index is 14.2. The Bertz CT molecular complexity index is 853. The van der Waals surface area contributed by atoms with Crippen molar-refractivity contribution in [3.05, 3.63) is 36.2 Å². The number of pyridine rings is 1. The first-order chi connectivity index (χ1) is 10.4. The molecule has 9 heteroatoms. The molecule has 0 spiro atoms. The molecule has 0 aromatic carbocycles. The van der Waals surface area contributed by atoms with Crippen LogP contribution < -0.4 is 0 Å². The van der Waals surface area contributed by atoms with E-state index in [-0.39, 0.29) is 23.8 Å². The Kier molecular flexibility index (Phi) is 2.57. The van der Waals surface area contributed by atoms with Gasteiger partial charge in [0.2, 0.25) is 5.95 Å². The molecule has 114 valence electrons. The summed E-state index contributed by atoms with van der Waals surface area (Å²) < 4.78 is 57.9. The summed E-state index contributed by atoms with van der Waals surface area (Å²) in [7, 11) is 0. The lowest BCUT2D eigenvalue weighted by molar-refractivity contribution is -0.148. The topological polar surface area (TPSA) is 56.2 Å². The second-order valence-corrected chi connectivity index (χ2v) is 5.13. The number of alkyl halides is 3. The molecule has 0 aliphatic heterocycles. The Morgan fingerprint density at radius 3 is 2.73 bits per heavy atom. The second-order valence-electron chi connectivity index (χ2n) is 5.13. The van der Waals surface area contributed by atoms with Gasteiger partial charge in [-0.3, -0.25) is 4.40 Å². The lowest BCUT2D eigenvalue weighted by atomic mass is 10.3. The van der Waals surface area contributed by atoms with Crippen molar-refractivity contribution in [2.45, 2.75) is 18.5 Å². The van der Waals surface area contributed by atoms with Crippen LogP contribution in [0.25, 0.3) is 17.2 Å². The van der Waals surface area contributed by atoms with Gasteiger partial charge in [0.05, 0.1) is 5.92 Å². The van der Waals surface area contributed by atoms with Crippen LogP contribution in [0.5, 0.6) is 0 Å². The minimum Gasteiger partial charge on any atom is -0.332 e. The fraction of sp³-hybridized carbons (Fsp3) is 0.308. The molecule has 0 bridgehead atoms. The molecule has 1 saturated carbocycles. The van der Waals surface area contributed by atoms with Crippen molar-refractivity contribution >= 4 is 5.65 Å². The number of imidazole rings is 1. The molecule has 4 rings (SSSR count). The molecule has 1 fully saturated rings. The fourth-order valence-electron chi connectivity index (χ4n) is 2.43. The zero-order valence-electron chi connectivity index (χ0n) is 10.9. The summed E-state index contributed by atoms with van der Waals surface area (Å²) in [5, 5.41) is 3.53. The Hall–Kier alpha value is -2.45. The van der Waals surface area contributed by atoms with Crippen molar-refractivity contribution < 1.29 is 22.1 Å². The van der Waals surface area contributed by atoms with Crippen LogP contribution in [0.15, 0.2) is 28.9 Å². The van der Waals surface area contributed by atoms with E-state index in [9.17, 15) is 17.6 Å². The molecule has 1 aliphatic carbocycles. The standard InChI is InChI=1S/C13H8F4N4O/c14-10-9(18-8-3-1-2-4-21(8)10)12-19-11(20-22-12)6-5-7(6)13(15,16)17/h1-4,6-7H,5H2/t6-,7-/m1/s1. The number of halogens is 4. The summed E-state index contributed by atoms with van der Waals surface area (Å²) in [6.45, 7) is 0. The van der Waals surface area contributed by atoms with Gasteiger partial charge in [0.25, 0.3) is 5.89 Å². The van der Waals surface area contributed by atoms with Gasteiger partial charge in [-0.1, -0.05) is 11.2 Å². The molecule has 2 atom stereocenters. The molecule has 3 aromatic heterocycles. The van der Waals surface area contributed by atoms with Crippen LogP contribution in [0.1, 0.15) is 18.2 Å². The average molecular weight is 312 g/mol. The van der Waals surface area contributed by atoms with Crippen LogP contribution >= 0.6 is 0 Å². The van der Waals surface area contributed by atoms with Crippen molar-refractivity contribution in [1.29, 1.82) is 0 Å². The van der Waals surface area contributed by atoms with Crippen molar-refractivity contribution in [3.63, 3.8) is 0 Å². The van der Waals surface area contributed by atoms with Crippen LogP contribution in [-0.2, 0) is 0 Å². The minimum atomic E-state index is -4.28. The zero-order chi connectivity index (χ0) is 15.5. The van der Waals surface area contributed by atoms with E-state index in [1.807, 2.05) is 0 Å². The highest BCUT2D eigenvalue weighted by Crippen LogP contribution is 2.55. The average Bonchev–Trinajstić information content (AvgIpc) is 3.04. The molecule has 0 unspecified atom stereocenters. The van der Waals surface area contributed by atoms with E-state index in [4.69, 9.17) is 4.52 Å². The van der Waals surface area contributed by atoms with Gasteiger partial charge in [-0.2, -0.15) is 22.5 Å². The third kappa shape index (κ3) is 1.96. The number of aromatic nitrogens is 4. The number of hydrogen-bond acceptors (Lipinski definition) is 4. The molecule has 1 aliphatic rings. The van der Waals surface area contributed by atoms with Crippen LogP contribution in [-0.4, -0.2) is 25.7 Å². The summed E-state index contributed by atoms with van der Waals surface area (Å²) in [6.07, 6.45) is -2.88. The number of hydrogen-bond donors (Lipinski definition) is 0. The van der Waals surface area contributed by atoms with Crippen LogP contribution in [0.3, 0.4) is 0 Å². The predicted molar refractivity (Wildman–Crippen MR) is 65.3 cm³/mol. The van der Waals surface area contributed by atoms with E-state index >= 15 is 0 Å².